The molecule has 0 fully saturated rings. The lowest BCUT2D eigenvalue weighted by molar-refractivity contribution is 0.255. The van der Waals surface area contributed by atoms with Gasteiger partial charge in [-0.15, -0.1) is 0 Å². The molecule has 0 radical (unpaired) electrons. The van der Waals surface area contributed by atoms with Gasteiger partial charge in [0.2, 0.25) is 0 Å². The number of ether oxygens (including phenoxy) is 1. The number of hydrogen-bond acceptors (Lipinski definition) is 2. The maximum atomic E-state index is 6.68. The third-order valence-electron chi connectivity index (χ3n) is 4.51. The van der Waals surface area contributed by atoms with E-state index in [0.717, 1.165) is 18.8 Å². The molecule has 2 nitrogen and oxygen atoms in total. The Balaban J connectivity index is 2.03. The molecule has 2 N–H and O–H groups in total. The highest BCUT2D eigenvalue weighted by Gasteiger charge is 2.29. The molecule has 0 saturated carbocycles. The summed E-state index contributed by atoms with van der Waals surface area (Å²) in [5.41, 5.74) is 13.1. The van der Waals surface area contributed by atoms with Crippen LogP contribution in [0.3, 0.4) is 0 Å². The van der Waals surface area contributed by atoms with Gasteiger partial charge in [0.15, 0.2) is 0 Å². The Bertz CT molecular complexity index is 639. The molecule has 2 atom stereocenters. The first-order valence-corrected chi connectivity index (χ1v) is 7.63. The van der Waals surface area contributed by atoms with Crippen LogP contribution in [0.2, 0.25) is 0 Å². The molecule has 21 heavy (non-hydrogen) atoms. The first kappa shape index (κ1) is 14.2. The Morgan fingerprint density at radius 2 is 1.76 bits per heavy atom. The first-order chi connectivity index (χ1) is 10.1. The Labute approximate surface area is 126 Å². The summed E-state index contributed by atoms with van der Waals surface area (Å²) >= 11 is 0. The van der Waals surface area contributed by atoms with Crippen LogP contribution in [0.4, 0.5) is 0 Å². The average molecular weight is 281 g/mol. The average Bonchev–Trinajstić information content (AvgIpc) is 2.45. The normalized spacial score (nSPS) is 18.8. The summed E-state index contributed by atoms with van der Waals surface area (Å²) < 4.78 is 5.76. The standard InChI is InChI=1S/C19H23NO/c1-12-10-13(2)18(14(3)11-12)19(20)16-8-9-21-17-7-5-4-6-15(16)17/h4-7,10-11,16,19H,8-9,20H2,1-3H3. The van der Waals surface area contributed by atoms with Crippen LogP contribution < -0.4 is 10.5 Å². The molecule has 2 aromatic rings. The summed E-state index contributed by atoms with van der Waals surface area (Å²) in [4.78, 5) is 0. The van der Waals surface area contributed by atoms with Gasteiger partial charge in [0.05, 0.1) is 6.61 Å². The van der Waals surface area contributed by atoms with Crippen molar-refractivity contribution in [1.82, 2.24) is 0 Å². The van der Waals surface area contributed by atoms with Gasteiger partial charge in [-0.3, -0.25) is 0 Å². The van der Waals surface area contributed by atoms with E-state index in [2.05, 4.69) is 45.0 Å². The molecule has 110 valence electrons. The number of para-hydroxylation sites is 1. The Morgan fingerprint density at radius 1 is 1.10 bits per heavy atom. The van der Waals surface area contributed by atoms with Crippen LogP contribution in [0.25, 0.3) is 0 Å². The van der Waals surface area contributed by atoms with Gasteiger partial charge in [-0.2, -0.15) is 0 Å². The van der Waals surface area contributed by atoms with Crippen molar-refractivity contribution in [1.29, 1.82) is 0 Å². The summed E-state index contributed by atoms with van der Waals surface area (Å²) in [6.45, 7) is 7.22. The monoisotopic (exact) mass is 281 g/mol. The molecule has 2 aromatic carbocycles. The second kappa shape index (κ2) is 5.53. The minimum Gasteiger partial charge on any atom is -0.493 e. The predicted molar refractivity (Wildman–Crippen MR) is 86.9 cm³/mol. The van der Waals surface area contributed by atoms with Crippen molar-refractivity contribution in [3.05, 3.63) is 64.2 Å². The van der Waals surface area contributed by atoms with E-state index in [0.29, 0.717) is 5.92 Å². The van der Waals surface area contributed by atoms with Gasteiger partial charge < -0.3 is 10.5 Å². The van der Waals surface area contributed by atoms with Crippen LogP contribution in [0, 0.1) is 20.8 Å². The Morgan fingerprint density at radius 3 is 2.48 bits per heavy atom. The summed E-state index contributed by atoms with van der Waals surface area (Å²) in [5, 5.41) is 0. The molecule has 0 aromatic heterocycles. The van der Waals surface area contributed by atoms with Crippen molar-refractivity contribution >= 4 is 0 Å². The van der Waals surface area contributed by atoms with Crippen LogP contribution >= 0.6 is 0 Å². The van der Waals surface area contributed by atoms with Crippen LogP contribution in [-0.4, -0.2) is 6.61 Å². The second-order valence-corrected chi connectivity index (χ2v) is 6.12. The van der Waals surface area contributed by atoms with E-state index < -0.39 is 0 Å². The summed E-state index contributed by atoms with van der Waals surface area (Å²) in [7, 11) is 0. The molecule has 0 saturated heterocycles. The Kier molecular flexibility index (Phi) is 3.73. The minimum atomic E-state index is 0.0237. The lowest BCUT2D eigenvalue weighted by atomic mass is 9.80. The number of nitrogens with two attached hydrogens (primary N) is 1. The van der Waals surface area contributed by atoms with E-state index in [1.54, 1.807) is 0 Å². The van der Waals surface area contributed by atoms with E-state index in [4.69, 9.17) is 10.5 Å². The number of rotatable bonds is 2. The molecule has 0 spiro atoms. The van der Waals surface area contributed by atoms with Crippen molar-refractivity contribution in [2.24, 2.45) is 5.73 Å². The molecule has 1 aliphatic heterocycles. The smallest absolute Gasteiger partial charge is 0.122 e. The van der Waals surface area contributed by atoms with E-state index in [1.165, 1.54) is 27.8 Å². The van der Waals surface area contributed by atoms with E-state index >= 15 is 0 Å². The van der Waals surface area contributed by atoms with Crippen molar-refractivity contribution < 1.29 is 4.74 Å². The SMILES string of the molecule is Cc1cc(C)c(C(N)C2CCOc3ccccc32)c(C)c1. The molecule has 2 unspecified atom stereocenters. The van der Waals surface area contributed by atoms with Gasteiger partial charge in [0, 0.05) is 12.0 Å². The van der Waals surface area contributed by atoms with Crippen molar-refractivity contribution in [2.75, 3.05) is 6.61 Å². The lowest BCUT2D eigenvalue weighted by Gasteiger charge is -2.32. The highest BCUT2D eigenvalue weighted by molar-refractivity contribution is 5.44. The zero-order valence-corrected chi connectivity index (χ0v) is 13.0. The fourth-order valence-electron chi connectivity index (χ4n) is 3.66. The summed E-state index contributed by atoms with van der Waals surface area (Å²) in [5.74, 6) is 1.32. The molecular weight excluding hydrogens is 258 g/mol. The fraction of sp³-hybridized carbons (Fsp3) is 0.368. The molecule has 1 heterocycles. The number of hydrogen-bond donors (Lipinski definition) is 1. The molecule has 0 amide bonds. The highest BCUT2D eigenvalue weighted by atomic mass is 16.5. The molecule has 3 rings (SSSR count). The molecule has 2 heteroatoms. The largest absolute Gasteiger partial charge is 0.493 e. The van der Waals surface area contributed by atoms with Gasteiger partial charge in [-0.05, 0) is 55.5 Å². The quantitative estimate of drug-likeness (QED) is 0.896. The van der Waals surface area contributed by atoms with Gasteiger partial charge in [-0.25, -0.2) is 0 Å². The molecule has 0 bridgehead atoms. The predicted octanol–water partition coefficient (Wildman–Crippen LogP) is 4.18. The number of aryl methyl sites for hydroxylation is 3. The van der Waals surface area contributed by atoms with Crippen LogP contribution in [0.5, 0.6) is 5.75 Å². The summed E-state index contributed by atoms with van der Waals surface area (Å²) in [6, 6.07) is 12.8. The topological polar surface area (TPSA) is 35.2 Å². The zero-order chi connectivity index (χ0) is 15.0. The van der Waals surface area contributed by atoms with Crippen molar-refractivity contribution in [2.45, 2.75) is 39.2 Å². The highest BCUT2D eigenvalue weighted by Crippen LogP contribution is 2.41. The second-order valence-electron chi connectivity index (χ2n) is 6.12. The van der Waals surface area contributed by atoms with E-state index in [9.17, 15) is 0 Å². The summed E-state index contributed by atoms with van der Waals surface area (Å²) in [6.07, 6.45) is 0.977. The van der Waals surface area contributed by atoms with Gasteiger partial charge >= 0.3 is 0 Å². The third kappa shape index (κ3) is 2.56. The molecular formula is C19H23NO. The maximum absolute atomic E-state index is 6.68. The van der Waals surface area contributed by atoms with Crippen LogP contribution in [0.15, 0.2) is 36.4 Å². The Hall–Kier alpha value is -1.80. The van der Waals surface area contributed by atoms with Gasteiger partial charge in [0.1, 0.15) is 5.75 Å². The maximum Gasteiger partial charge on any atom is 0.122 e. The van der Waals surface area contributed by atoms with Gasteiger partial charge in [-0.1, -0.05) is 35.9 Å². The van der Waals surface area contributed by atoms with Crippen molar-refractivity contribution in [3.63, 3.8) is 0 Å². The van der Waals surface area contributed by atoms with Crippen LogP contribution in [0.1, 0.15) is 46.2 Å². The van der Waals surface area contributed by atoms with Crippen LogP contribution in [-0.2, 0) is 0 Å². The fourth-order valence-corrected chi connectivity index (χ4v) is 3.66. The van der Waals surface area contributed by atoms with E-state index in [1.807, 2.05) is 12.1 Å². The van der Waals surface area contributed by atoms with Gasteiger partial charge in [0.25, 0.3) is 0 Å². The lowest BCUT2D eigenvalue weighted by Crippen LogP contribution is -2.26. The zero-order valence-electron chi connectivity index (χ0n) is 13.0. The van der Waals surface area contributed by atoms with Crippen molar-refractivity contribution in [3.8, 4) is 5.75 Å². The number of benzene rings is 2. The molecule has 0 aliphatic carbocycles. The third-order valence-corrected chi connectivity index (χ3v) is 4.51. The first-order valence-electron chi connectivity index (χ1n) is 7.63. The molecule has 1 aliphatic rings. The minimum absolute atomic E-state index is 0.0237. The number of fused-ring (bicyclic) bond motifs is 1. The van der Waals surface area contributed by atoms with E-state index in [-0.39, 0.29) is 6.04 Å².